The number of nitrogens with zero attached hydrogens (tertiary/aromatic N) is 3. The van der Waals surface area contributed by atoms with Crippen LogP contribution >= 0.6 is 0 Å². The van der Waals surface area contributed by atoms with Crippen LogP contribution in [0.2, 0.25) is 0 Å². The molecule has 3 atom stereocenters. The molecule has 0 aromatic heterocycles. The summed E-state index contributed by atoms with van der Waals surface area (Å²) in [7, 11) is 0. The van der Waals surface area contributed by atoms with Crippen molar-refractivity contribution < 1.29 is 18.7 Å². The molecule has 27 heavy (non-hydrogen) atoms. The van der Waals surface area contributed by atoms with Crippen molar-refractivity contribution in [3.63, 3.8) is 0 Å². The second-order valence-corrected chi connectivity index (χ2v) is 6.92. The molecular weight excluding hydrogens is 351 g/mol. The van der Waals surface area contributed by atoms with E-state index in [0.29, 0.717) is 25.2 Å². The van der Waals surface area contributed by atoms with Gasteiger partial charge in [-0.15, -0.1) is 0 Å². The van der Waals surface area contributed by atoms with Gasteiger partial charge in [0.1, 0.15) is 12.3 Å². The van der Waals surface area contributed by atoms with E-state index in [2.05, 4.69) is 10.2 Å². The minimum atomic E-state index is -1.00. The Bertz CT molecular complexity index is 733. The molecule has 0 aliphatic carbocycles. The SMILES string of the molecule is [C-]#[N+]CC1CCN(c2ccc(N3C[C@H](CNC(C)=O)OC3=O)cc2)CC1F. The minimum absolute atomic E-state index is 0.166. The van der Waals surface area contributed by atoms with Crippen LogP contribution in [-0.2, 0) is 9.53 Å². The first-order valence-electron chi connectivity index (χ1n) is 9.03. The summed E-state index contributed by atoms with van der Waals surface area (Å²) < 4.78 is 19.5. The van der Waals surface area contributed by atoms with E-state index in [4.69, 9.17) is 11.3 Å². The Morgan fingerprint density at radius 3 is 2.67 bits per heavy atom. The van der Waals surface area contributed by atoms with Crippen LogP contribution in [0.25, 0.3) is 4.85 Å². The van der Waals surface area contributed by atoms with Crippen molar-refractivity contribution in [3.8, 4) is 0 Å². The number of anilines is 2. The average molecular weight is 374 g/mol. The number of amides is 2. The zero-order valence-corrected chi connectivity index (χ0v) is 15.2. The summed E-state index contributed by atoms with van der Waals surface area (Å²) in [6.07, 6.45) is -1.17. The van der Waals surface area contributed by atoms with Gasteiger partial charge in [-0.05, 0) is 30.7 Å². The number of hydrogen-bond donors (Lipinski definition) is 1. The molecule has 2 aliphatic heterocycles. The van der Waals surface area contributed by atoms with Gasteiger partial charge in [0.05, 0.1) is 19.0 Å². The molecule has 2 aliphatic rings. The van der Waals surface area contributed by atoms with E-state index in [9.17, 15) is 14.0 Å². The highest BCUT2D eigenvalue weighted by Gasteiger charge is 2.33. The van der Waals surface area contributed by atoms with Crippen molar-refractivity contribution in [2.45, 2.75) is 25.6 Å². The van der Waals surface area contributed by atoms with Crippen molar-refractivity contribution in [2.75, 3.05) is 42.5 Å². The Balaban J connectivity index is 1.60. The molecular formula is C19H23FN4O3. The van der Waals surface area contributed by atoms with Gasteiger partial charge in [-0.25, -0.2) is 15.8 Å². The van der Waals surface area contributed by atoms with E-state index in [0.717, 1.165) is 5.69 Å². The fourth-order valence-corrected chi connectivity index (χ4v) is 3.45. The fourth-order valence-electron chi connectivity index (χ4n) is 3.45. The van der Waals surface area contributed by atoms with Crippen LogP contribution in [0.4, 0.5) is 20.6 Å². The lowest BCUT2D eigenvalue weighted by Crippen LogP contribution is -2.42. The molecule has 1 aromatic rings. The molecule has 2 fully saturated rings. The first-order valence-corrected chi connectivity index (χ1v) is 9.03. The van der Waals surface area contributed by atoms with Gasteiger partial charge in [0.25, 0.3) is 0 Å². The standard InChI is InChI=1S/C19H23FN4O3/c1-13(25)22-10-17-11-24(19(26)27-17)16-5-3-15(4-6-16)23-8-7-14(9-21-2)18(20)12-23/h3-6,14,17-18H,7-12H2,1H3,(H,22,25)/t14?,17-,18?/m0/s1. The second kappa shape index (κ2) is 8.25. The number of benzene rings is 1. The van der Waals surface area contributed by atoms with Gasteiger partial charge in [-0.1, -0.05) is 0 Å². The van der Waals surface area contributed by atoms with E-state index in [1.807, 2.05) is 29.2 Å². The number of alkyl halides is 1. The molecule has 2 amide bonds. The number of carbonyl (C=O) groups is 2. The number of nitrogens with one attached hydrogen (secondary N) is 1. The summed E-state index contributed by atoms with van der Waals surface area (Å²) in [4.78, 5) is 29.9. The molecule has 2 unspecified atom stereocenters. The van der Waals surface area contributed by atoms with E-state index in [-0.39, 0.29) is 37.6 Å². The Kier molecular flexibility index (Phi) is 5.79. The number of cyclic esters (lactones) is 1. The van der Waals surface area contributed by atoms with Gasteiger partial charge in [0, 0.05) is 31.4 Å². The van der Waals surface area contributed by atoms with Crippen molar-refractivity contribution in [2.24, 2.45) is 5.92 Å². The smallest absolute Gasteiger partial charge is 0.414 e. The molecule has 1 N–H and O–H groups in total. The summed E-state index contributed by atoms with van der Waals surface area (Å²) in [6, 6.07) is 7.36. The summed E-state index contributed by atoms with van der Waals surface area (Å²) in [6.45, 7) is 10.2. The number of piperidine rings is 1. The second-order valence-electron chi connectivity index (χ2n) is 6.92. The third-order valence-corrected chi connectivity index (χ3v) is 4.98. The zero-order chi connectivity index (χ0) is 19.4. The molecule has 2 heterocycles. The topological polar surface area (TPSA) is 66.2 Å². The monoisotopic (exact) mass is 374 g/mol. The first-order chi connectivity index (χ1) is 13.0. The molecule has 0 spiro atoms. The Morgan fingerprint density at radius 2 is 2.04 bits per heavy atom. The minimum Gasteiger partial charge on any atom is -0.442 e. The third kappa shape index (κ3) is 4.48. The molecule has 0 saturated carbocycles. The molecule has 8 heteroatoms. The van der Waals surface area contributed by atoms with E-state index < -0.39 is 12.3 Å². The normalized spacial score (nSPS) is 25.1. The van der Waals surface area contributed by atoms with Crippen molar-refractivity contribution in [1.82, 2.24) is 5.32 Å². The predicted octanol–water partition coefficient (Wildman–Crippen LogP) is 2.23. The Labute approximate surface area is 157 Å². The van der Waals surface area contributed by atoms with E-state index in [1.54, 1.807) is 0 Å². The highest BCUT2D eigenvalue weighted by Crippen LogP contribution is 2.29. The van der Waals surface area contributed by atoms with Gasteiger partial charge < -0.3 is 19.8 Å². The number of carbonyl (C=O) groups excluding carboxylic acids is 2. The highest BCUT2D eigenvalue weighted by atomic mass is 19.1. The quantitative estimate of drug-likeness (QED) is 0.803. The van der Waals surface area contributed by atoms with Gasteiger partial charge >= 0.3 is 6.09 Å². The van der Waals surface area contributed by atoms with Crippen LogP contribution < -0.4 is 15.1 Å². The lowest BCUT2D eigenvalue weighted by molar-refractivity contribution is -0.119. The maximum atomic E-state index is 14.2. The van der Waals surface area contributed by atoms with Crippen LogP contribution in [-0.4, -0.2) is 57.0 Å². The van der Waals surface area contributed by atoms with Crippen LogP contribution in [0.15, 0.2) is 24.3 Å². The van der Waals surface area contributed by atoms with Gasteiger partial charge in [-0.2, -0.15) is 0 Å². The largest absolute Gasteiger partial charge is 0.442 e. The number of ether oxygens (including phenoxy) is 1. The van der Waals surface area contributed by atoms with Crippen LogP contribution in [0.3, 0.4) is 0 Å². The fraction of sp³-hybridized carbons (Fsp3) is 0.526. The van der Waals surface area contributed by atoms with Crippen molar-refractivity contribution >= 4 is 23.4 Å². The molecule has 3 rings (SSSR count). The number of hydrogen-bond acceptors (Lipinski definition) is 4. The van der Waals surface area contributed by atoms with Gasteiger partial charge in [-0.3, -0.25) is 9.69 Å². The summed E-state index contributed by atoms with van der Waals surface area (Å²) in [5.74, 6) is -0.349. The first kappa shape index (κ1) is 19.0. The Hall–Kier alpha value is -2.82. The third-order valence-electron chi connectivity index (χ3n) is 4.98. The van der Waals surface area contributed by atoms with E-state index in [1.165, 1.54) is 11.8 Å². The molecule has 2 saturated heterocycles. The molecule has 0 bridgehead atoms. The lowest BCUT2D eigenvalue weighted by Gasteiger charge is -2.34. The van der Waals surface area contributed by atoms with Crippen LogP contribution in [0.5, 0.6) is 0 Å². The lowest BCUT2D eigenvalue weighted by atomic mass is 9.94. The number of halogens is 1. The highest BCUT2D eigenvalue weighted by molar-refractivity contribution is 5.90. The molecule has 1 aromatic carbocycles. The van der Waals surface area contributed by atoms with Gasteiger partial charge in [0.2, 0.25) is 12.5 Å². The maximum Gasteiger partial charge on any atom is 0.414 e. The molecule has 7 nitrogen and oxygen atoms in total. The van der Waals surface area contributed by atoms with Crippen LogP contribution in [0, 0.1) is 12.5 Å². The van der Waals surface area contributed by atoms with Gasteiger partial charge in [0.15, 0.2) is 0 Å². The van der Waals surface area contributed by atoms with Crippen molar-refractivity contribution in [3.05, 3.63) is 35.7 Å². The zero-order valence-electron chi connectivity index (χ0n) is 15.2. The Morgan fingerprint density at radius 1 is 1.33 bits per heavy atom. The summed E-state index contributed by atoms with van der Waals surface area (Å²) in [5, 5.41) is 2.65. The molecule has 0 radical (unpaired) electrons. The number of rotatable bonds is 5. The average Bonchev–Trinajstić information content (AvgIpc) is 3.03. The van der Waals surface area contributed by atoms with Crippen molar-refractivity contribution in [1.29, 1.82) is 0 Å². The summed E-state index contributed by atoms with van der Waals surface area (Å²) >= 11 is 0. The summed E-state index contributed by atoms with van der Waals surface area (Å²) in [5.41, 5.74) is 1.60. The maximum absolute atomic E-state index is 14.2. The van der Waals surface area contributed by atoms with Crippen LogP contribution in [0.1, 0.15) is 13.3 Å². The molecule has 144 valence electrons. The predicted molar refractivity (Wildman–Crippen MR) is 99.4 cm³/mol. The van der Waals surface area contributed by atoms with E-state index >= 15 is 0 Å².